The van der Waals surface area contributed by atoms with Crippen molar-refractivity contribution in [1.82, 2.24) is 15.0 Å². The second-order valence-electron chi connectivity index (χ2n) is 7.22. The number of rotatable bonds is 5. The molecular weight excluding hydrogens is 360 g/mol. The van der Waals surface area contributed by atoms with Gasteiger partial charge in [-0.2, -0.15) is 9.97 Å². The van der Waals surface area contributed by atoms with E-state index in [2.05, 4.69) is 53.2 Å². The molecule has 0 atom stereocenters. The zero-order valence-electron chi connectivity index (χ0n) is 16.0. The normalized spacial score (nSPS) is 11.3. The fourth-order valence-electron chi connectivity index (χ4n) is 2.61. The predicted octanol–water partition coefficient (Wildman–Crippen LogP) is 5.33. The average Bonchev–Trinajstić information content (AvgIpc) is 2.67. The van der Waals surface area contributed by atoms with Gasteiger partial charge in [-0.25, -0.2) is 4.98 Å². The van der Waals surface area contributed by atoms with E-state index in [0.29, 0.717) is 17.6 Å². The van der Waals surface area contributed by atoms with E-state index in [-0.39, 0.29) is 11.3 Å². The van der Waals surface area contributed by atoms with E-state index in [1.807, 2.05) is 36.4 Å². The maximum Gasteiger partial charge on any atom is 0.231 e. The van der Waals surface area contributed by atoms with Gasteiger partial charge in [-0.05, 0) is 35.2 Å². The minimum absolute atomic E-state index is 0.108. The van der Waals surface area contributed by atoms with Crippen LogP contribution in [0.5, 0.6) is 5.75 Å². The number of methoxy groups -OCH3 is 1. The molecule has 0 saturated carbocycles. The highest BCUT2D eigenvalue weighted by atomic mass is 35.5. The Morgan fingerprint density at radius 2 is 1.74 bits per heavy atom. The van der Waals surface area contributed by atoms with Crippen LogP contribution in [-0.2, 0) is 11.3 Å². The van der Waals surface area contributed by atoms with Gasteiger partial charge in [0.2, 0.25) is 5.95 Å². The molecule has 1 aromatic heterocycles. The van der Waals surface area contributed by atoms with E-state index in [9.17, 15) is 0 Å². The van der Waals surface area contributed by atoms with Gasteiger partial charge in [0, 0.05) is 11.3 Å². The van der Waals surface area contributed by atoms with Crippen LogP contribution in [0, 0.1) is 0 Å². The molecule has 6 heteroatoms. The lowest BCUT2D eigenvalue weighted by Gasteiger charge is -2.19. The third-order valence-corrected chi connectivity index (χ3v) is 4.38. The van der Waals surface area contributed by atoms with Crippen LogP contribution in [-0.4, -0.2) is 22.1 Å². The average molecular weight is 383 g/mol. The van der Waals surface area contributed by atoms with Gasteiger partial charge < -0.3 is 10.1 Å². The van der Waals surface area contributed by atoms with Crippen molar-refractivity contribution in [3.05, 3.63) is 59.9 Å². The first-order chi connectivity index (χ1) is 12.9. The number of alkyl halides is 1. The summed E-state index contributed by atoms with van der Waals surface area (Å²) in [6.45, 7) is 6.57. The van der Waals surface area contributed by atoms with Crippen molar-refractivity contribution >= 4 is 23.2 Å². The summed E-state index contributed by atoms with van der Waals surface area (Å²) in [6, 6.07) is 15.8. The molecule has 0 fully saturated rings. The van der Waals surface area contributed by atoms with E-state index in [1.54, 1.807) is 7.11 Å². The van der Waals surface area contributed by atoms with Crippen LogP contribution in [0.3, 0.4) is 0 Å². The number of hydrogen-bond donors (Lipinski definition) is 1. The number of nitrogens with one attached hydrogen (secondary N) is 1. The van der Waals surface area contributed by atoms with Gasteiger partial charge in [-0.1, -0.05) is 45.0 Å². The predicted molar refractivity (Wildman–Crippen MR) is 110 cm³/mol. The van der Waals surface area contributed by atoms with Crippen molar-refractivity contribution in [2.75, 3.05) is 12.4 Å². The van der Waals surface area contributed by atoms with E-state index < -0.39 is 0 Å². The Hall–Kier alpha value is -2.66. The second kappa shape index (κ2) is 7.92. The molecule has 3 rings (SSSR count). The summed E-state index contributed by atoms with van der Waals surface area (Å²) in [4.78, 5) is 13.4. The number of benzene rings is 2. The SMILES string of the molecule is COc1cccc(-c2nc(CCl)nc(Nc3ccc(C(C)(C)C)cc3)n2)c1. The molecule has 0 radical (unpaired) electrons. The highest BCUT2D eigenvalue weighted by molar-refractivity contribution is 6.16. The third-order valence-electron chi connectivity index (χ3n) is 4.14. The van der Waals surface area contributed by atoms with Crippen molar-refractivity contribution < 1.29 is 4.74 Å². The molecule has 140 valence electrons. The van der Waals surface area contributed by atoms with E-state index in [0.717, 1.165) is 17.0 Å². The van der Waals surface area contributed by atoms with E-state index in [1.165, 1.54) is 5.56 Å². The summed E-state index contributed by atoms with van der Waals surface area (Å²) in [5.74, 6) is 2.47. The topological polar surface area (TPSA) is 59.9 Å². The quantitative estimate of drug-likeness (QED) is 0.604. The Kier molecular flexibility index (Phi) is 5.61. The van der Waals surface area contributed by atoms with Gasteiger partial charge in [0.05, 0.1) is 13.0 Å². The molecular formula is C21H23ClN4O. The lowest BCUT2D eigenvalue weighted by Crippen LogP contribution is -2.10. The zero-order chi connectivity index (χ0) is 19.4. The standard InChI is InChI=1S/C21H23ClN4O/c1-21(2,3)15-8-10-16(11-9-15)23-20-25-18(13-22)24-19(26-20)14-6-5-7-17(12-14)27-4/h5-12H,13H2,1-4H3,(H,23,24,25,26). The molecule has 0 aliphatic heterocycles. The number of hydrogen-bond acceptors (Lipinski definition) is 5. The van der Waals surface area contributed by atoms with Gasteiger partial charge in [0.15, 0.2) is 5.82 Å². The molecule has 1 N–H and O–H groups in total. The number of halogens is 1. The maximum atomic E-state index is 5.99. The zero-order valence-corrected chi connectivity index (χ0v) is 16.7. The van der Waals surface area contributed by atoms with Crippen molar-refractivity contribution in [3.8, 4) is 17.1 Å². The van der Waals surface area contributed by atoms with Crippen LogP contribution in [0.2, 0.25) is 0 Å². The summed E-state index contributed by atoms with van der Waals surface area (Å²) < 4.78 is 5.28. The Bertz CT molecular complexity index is 920. The van der Waals surface area contributed by atoms with E-state index >= 15 is 0 Å². The highest BCUT2D eigenvalue weighted by Gasteiger charge is 2.13. The molecule has 0 saturated heterocycles. The van der Waals surface area contributed by atoms with Crippen LogP contribution < -0.4 is 10.1 Å². The van der Waals surface area contributed by atoms with Crippen molar-refractivity contribution in [3.63, 3.8) is 0 Å². The molecule has 1 heterocycles. The molecule has 0 aliphatic rings. The fourth-order valence-corrected chi connectivity index (χ4v) is 2.73. The molecule has 5 nitrogen and oxygen atoms in total. The van der Waals surface area contributed by atoms with Gasteiger partial charge in [0.1, 0.15) is 11.6 Å². The monoisotopic (exact) mass is 382 g/mol. The van der Waals surface area contributed by atoms with Crippen LogP contribution in [0.15, 0.2) is 48.5 Å². The fraction of sp³-hybridized carbons (Fsp3) is 0.286. The van der Waals surface area contributed by atoms with Gasteiger partial charge in [-0.3, -0.25) is 0 Å². The number of nitrogens with zero attached hydrogens (tertiary/aromatic N) is 3. The Morgan fingerprint density at radius 1 is 1.00 bits per heavy atom. The molecule has 0 aliphatic carbocycles. The second-order valence-corrected chi connectivity index (χ2v) is 7.48. The van der Waals surface area contributed by atoms with Crippen molar-refractivity contribution in [1.29, 1.82) is 0 Å². The molecule has 0 spiro atoms. The van der Waals surface area contributed by atoms with E-state index in [4.69, 9.17) is 16.3 Å². The molecule has 0 amide bonds. The Balaban J connectivity index is 1.91. The lowest BCUT2D eigenvalue weighted by atomic mass is 9.87. The van der Waals surface area contributed by atoms with Gasteiger partial charge in [-0.15, -0.1) is 11.6 Å². The number of ether oxygens (including phenoxy) is 1. The molecule has 0 bridgehead atoms. The first-order valence-corrected chi connectivity index (χ1v) is 9.25. The van der Waals surface area contributed by atoms with Gasteiger partial charge >= 0.3 is 0 Å². The largest absolute Gasteiger partial charge is 0.497 e. The van der Waals surface area contributed by atoms with Crippen LogP contribution in [0.1, 0.15) is 32.2 Å². The number of aromatic nitrogens is 3. The molecule has 27 heavy (non-hydrogen) atoms. The van der Waals surface area contributed by atoms with Crippen LogP contribution in [0.25, 0.3) is 11.4 Å². The Labute approximate surface area is 164 Å². The first kappa shape index (κ1) is 19.1. The van der Waals surface area contributed by atoms with Crippen molar-refractivity contribution in [2.24, 2.45) is 0 Å². The smallest absolute Gasteiger partial charge is 0.231 e. The maximum absolute atomic E-state index is 5.99. The first-order valence-electron chi connectivity index (χ1n) is 8.72. The number of anilines is 2. The summed E-state index contributed by atoms with van der Waals surface area (Å²) in [6.07, 6.45) is 0. The summed E-state index contributed by atoms with van der Waals surface area (Å²) in [7, 11) is 1.63. The molecule has 2 aromatic carbocycles. The lowest BCUT2D eigenvalue weighted by molar-refractivity contribution is 0.415. The van der Waals surface area contributed by atoms with Crippen LogP contribution >= 0.6 is 11.6 Å². The minimum atomic E-state index is 0.108. The summed E-state index contributed by atoms with van der Waals surface area (Å²) in [5, 5.41) is 3.24. The summed E-state index contributed by atoms with van der Waals surface area (Å²) >= 11 is 5.99. The molecule has 3 aromatic rings. The highest BCUT2D eigenvalue weighted by Crippen LogP contribution is 2.25. The third kappa shape index (κ3) is 4.74. The molecule has 0 unspecified atom stereocenters. The van der Waals surface area contributed by atoms with Gasteiger partial charge in [0.25, 0.3) is 0 Å². The van der Waals surface area contributed by atoms with Crippen LogP contribution in [0.4, 0.5) is 11.6 Å². The van der Waals surface area contributed by atoms with Crippen molar-refractivity contribution in [2.45, 2.75) is 32.1 Å². The minimum Gasteiger partial charge on any atom is -0.497 e. The summed E-state index contributed by atoms with van der Waals surface area (Å²) in [5.41, 5.74) is 3.12. The Morgan fingerprint density at radius 3 is 2.37 bits per heavy atom.